The third kappa shape index (κ3) is 4.46. The molecule has 1 aromatic heterocycles. The van der Waals surface area contributed by atoms with Gasteiger partial charge in [0.05, 0.1) is 13.7 Å². The summed E-state index contributed by atoms with van der Waals surface area (Å²) in [5, 5.41) is 0. The van der Waals surface area contributed by atoms with E-state index in [1.807, 2.05) is 45.0 Å². The number of ether oxygens (including phenoxy) is 2. The van der Waals surface area contributed by atoms with Gasteiger partial charge in [0.25, 0.3) is 11.8 Å². The maximum atomic E-state index is 12.4. The highest BCUT2D eigenvalue weighted by atomic mass is 16.5. The fourth-order valence-corrected chi connectivity index (χ4v) is 3.18. The Morgan fingerprint density at radius 2 is 1.40 bits per heavy atom. The number of carbonyl (C=O) groups is 2. The molecule has 0 radical (unpaired) electrons. The first-order valence-corrected chi connectivity index (χ1v) is 9.61. The predicted molar refractivity (Wildman–Crippen MR) is 114 cm³/mol. The molecule has 2 N–H and O–H groups in total. The van der Waals surface area contributed by atoms with E-state index in [1.54, 1.807) is 30.3 Å². The molecule has 0 aliphatic carbocycles. The average molecular weight is 407 g/mol. The molecule has 7 heteroatoms. The number of rotatable bonds is 6. The molecule has 156 valence electrons. The molecule has 2 aromatic carbocycles. The number of benzene rings is 2. The van der Waals surface area contributed by atoms with E-state index >= 15 is 0 Å². The van der Waals surface area contributed by atoms with Crippen LogP contribution in [-0.2, 0) is 0 Å². The number of methoxy groups -OCH3 is 1. The van der Waals surface area contributed by atoms with Crippen molar-refractivity contribution in [2.45, 2.75) is 20.8 Å². The number of hydrogen-bond donors (Lipinski definition) is 2. The Kier molecular flexibility index (Phi) is 6.41. The summed E-state index contributed by atoms with van der Waals surface area (Å²) in [6.07, 6.45) is 0. The molecular formula is C23H25N3O4. The Morgan fingerprint density at radius 3 is 1.97 bits per heavy atom. The predicted octanol–water partition coefficient (Wildman–Crippen LogP) is 3.58. The van der Waals surface area contributed by atoms with Crippen LogP contribution in [0.4, 0.5) is 0 Å². The second-order valence-electron chi connectivity index (χ2n) is 6.71. The van der Waals surface area contributed by atoms with Gasteiger partial charge < -0.3 is 14.0 Å². The Hall–Kier alpha value is -3.74. The minimum absolute atomic E-state index is 0.338. The normalized spacial score (nSPS) is 10.4. The number of carbonyl (C=O) groups excluding carboxylic acids is 2. The lowest BCUT2D eigenvalue weighted by Crippen LogP contribution is -2.41. The van der Waals surface area contributed by atoms with Gasteiger partial charge in [-0.05, 0) is 75.4 Å². The summed E-state index contributed by atoms with van der Waals surface area (Å²) in [5.41, 5.74) is 8.82. The molecule has 0 aliphatic heterocycles. The maximum Gasteiger partial charge on any atom is 0.269 e. The molecule has 30 heavy (non-hydrogen) atoms. The van der Waals surface area contributed by atoms with Crippen molar-refractivity contribution in [3.63, 3.8) is 0 Å². The highest BCUT2D eigenvalue weighted by molar-refractivity contribution is 5.99. The molecule has 0 bridgehead atoms. The van der Waals surface area contributed by atoms with Crippen LogP contribution in [0.15, 0.2) is 54.6 Å². The summed E-state index contributed by atoms with van der Waals surface area (Å²) in [4.78, 5) is 24.8. The smallest absolute Gasteiger partial charge is 0.269 e. The quantitative estimate of drug-likeness (QED) is 0.612. The molecule has 0 spiro atoms. The molecule has 3 aromatic rings. The Morgan fingerprint density at radius 1 is 0.833 bits per heavy atom. The van der Waals surface area contributed by atoms with Crippen LogP contribution in [0.25, 0.3) is 5.69 Å². The van der Waals surface area contributed by atoms with E-state index in [1.165, 1.54) is 7.11 Å². The van der Waals surface area contributed by atoms with Gasteiger partial charge in [-0.3, -0.25) is 20.4 Å². The minimum atomic E-state index is -0.458. The number of amides is 2. The van der Waals surface area contributed by atoms with Crippen LogP contribution in [0.2, 0.25) is 0 Å². The molecule has 0 unspecified atom stereocenters. The first kappa shape index (κ1) is 21.0. The van der Waals surface area contributed by atoms with Crippen molar-refractivity contribution < 1.29 is 19.1 Å². The Balaban J connectivity index is 1.65. The van der Waals surface area contributed by atoms with Crippen molar-refractivity contribution in [2.75, 3.05) is 13.7 Å². The second kappa shape index (κ2) is 9.17. The lowest BCUT2D eigenvalue weighted by Gasteiger charge is -2.12. The van der Waals surface area contributed by atoms with Crippen molar-refractivity contribution in [3.05, 3.63) is 77.1 Å². The first-order chi connectivity index (χ1) is 14.4. The zero-order valence-electron chi connectivity index (χ0n) is 17.5. The van der Waals surface area contributed by atoms with E-state index in [0.29, 0.717) is 29.2 Å². The van der Waals surface area contributed by atoms with Gasteiger partial charge in [0.15, 0.2) is 11.5 Å². The third-order valence-electron chi connectivity index (χ3n) is 4.67. The van der Waals surface area contributed by atoms with E-state index in [9.17, 15) is 9.59 Å². The Labute approximate surface area is 175 Å². The lowest BCUT2D eigenvalue weighted by atomic mass is 10.2. The first-order valence-electron chi connectivity index (χ1n) is 9.61. The van der Waals surface area contributed by atoms with Crippen molar-refractivity contribution in [2.24, 2.45) is 0 Å². The van der Waals surface area contributed by atoms with Gasteiger partial charge in [-0.2, -0.15) is 0 Å². The van der Waals surface area contributed by atoms with Crippen molar-refractivity contribution in [3.8, 4) is 17.2 Å². The zero-order chi connectivity index (χ0) is 21.7. The van der Waals surface area contributed by atoms with Crippen molar-refractivity contribution in [1.29, 1.82) is 0 Å². The van der Waals surface area contributed by atoms with E-state index in [-0.39, 0.29) is 0 Å². The van der Waals surface area contributed by atoms with Crippen molar-refractivity contribution in [1.82, 2.24) is 15.4 Å². The second-order valence-corrected chi connectivity index (χ2v) is 6.71. The van der Waals surface area contributed by atoms with Gasteiger partial charge in [0, 0.05) is 28.2 Å². The van der Waals surface area contributed by atoms with Crippen LogP contribution < -0.4 is 20.3 Å². The van der Waals surface area contributed by atoms with Crippen LogP contribution in [-0.4, -0.2) is 30.1 Å². The molecule has 2 amide bonds. The number of hydrogen-bond acceptors (Lipinski definition) is 4. The molecule has 0 saturated heterocycles. The van der Waals surface area contributed by atoms with Gasteiger partial charge in [-0.15, -0.1) is 0 Å². The minimum Gasteiger partial charge on any atom is -0.493 e. The summed E-state index contributed by atoms with van der Waals surface area (Å²) in [6.45, 7) is 6.40. The number of nitrogens with zero attached hydrogens (tertiary/aromatic N) is 1. The van der Waals surface area contributed by atoms with Gasteiger partial charge in [-0.1, -0.05) is 0 Å². The van der Waals surface area contributed by atoms with Crippen LogP contribution >= 0.6 is 0 Å². The molecule has 0 atom stereocenters. The monoisotopic (exact) mass is 407 g/mol. The highest BCUT2D eigenvalue weighted by Gasteiger charge is 2.13. The number of aromatic nitrogens is 1. The van der Waals surface area contributed by atoms with E-state index in [0.717, 1.165) is 17.1 Å². The highest BCUT2D eigenvalue weighted by Crippen LogP contribution is 2.28. The van der Waals surface area contributed by atoms with Crippen LogP contribution in [0.3, 0.4) is 0 Å². The summed E-state index contributed by atoms with van der Waals surface area (Å²) in [5.74, 6) is 0.129. The summed E-state index contributed by atoms with van der Waals surface area (Å²) < 4.78 is 12.8. The van der Waals surface area contributed by atoms with Crippen LogP contribution in [0.5, 0.6) is 11.5 Å². The molecule has 0 saturated carbocycles. The third-order valence-corrected chi connectivity index (χ3v) is 4.67. The van der Waals surface area contributed by atoms with E-state index < -0.39 is 11.8 Å². The molecule has 0 fully saturated rings. The van der Waals surface area contributed by atoms with Gasteiger partial charge in [-0.25, -0.2) is 0 Å². The number of hydrazine groups is 1. The van der Waals surface area contributed by atoms with Gasteiger partial charge in [0.1, 0.15) is 0 Å². The molecule has 0 aliphatic rings. The molecule has 1 heterocycles. The Bertz CT molecular complexity index is 1040. The average Bonchev–Trinajstić information content (AvgIpc) is 3.10. The van der Waals surface area contributed by atoms with Crippen LogP contribution in [0, 0.1) is 13.8 Å². The zero-order valence-corrected chi connectivity index (χ0v) is 17.5. The molecule has 7 nitrogen and oxygen atoms in total. The van der Waals surface area contributed by atoms with Gasteiger partial charge in [0.2, 0.25) is 0 Å². The standard InChI is InChI=1S/C23H25N3O4/c1-5-30-20-13-10-18(14-21(20)29-4)23(28)25-24-22(27)17-8-11-19(12-9-17)26-15(2)6-7-16(26)3/h6-14H,5H2,1-4H3,(H,24,27)(H,25,28). The maximum absolute atomic E-state index is 12.4. The fourth-order valence-electron chi connectivity index (χ4n) is 3.18. The van der Waals surface area contributed by atoms with Crippen LogP contribution in [0.1, 0.15) is 39.0 Å². The summed E-state index contributed by atoms with van der Waals surface area (Å²) in [7, 11) is 1.50. The summed E-state index contributed by atoms with van der Waals surface area (Å²) in [6, 6.07) is 16.1. The van der Waals surface area contributed by atoms with Crippen molar-refractivity contribution >= 4 is 11.8 Å². The number of aryl methyl sites for hydroxylation is 2. The summed E-state index contributed by atoms with van der Waals surface area (Å²) >= 11 is 0. The molecule has 3 rings (SSSR count). The van der Waals surface area contributed by atoms with E-state index in [2.05, 4.69) is 15.4 Å². The fraction of sp³-hybridized carbons (Fsp3) is 0.217. The van der Waals surface area contributed by atoms with E-state index in [4.69, 9.17) is 9.47 Å². The number of nitrogens with one attached hydrogen (secondary N) is 2. The topological polar surface area (TPSA) is 81.6 Å². The SMILES string of the molecule is CCOc1ccc(C(=O)NNC(=O)c2ccc(-n3c(C)ccc3C)cc2)cc1OC. The lowest BCUT2D eigenvalue weighted by molar-refractivity contribution is 0.0846. The molecular weight excluding hydrogens is 382 g/mol. The largest absolute Gasteiger partial charge is 0.493 e. The van der Waals surface area contributed by atoms with Gasteiger partial charge >= 0.3 is 0 Å².